The van der Waals surface area contributed by atoms with Crippen LogP contribution in [-0.4, -0.2) is 22.5 Å². The largest absolute Gasteiger partial charge is 0.504 e. The average molecular weight is 222 g/mol. The summed E-state index contributed by atoms with van der Waals surface area (Å²) in [4.78, 5) is 10.7. The molecule has 5 nitrogen and oxygen atoms in total. The zero-order chi connectivity index (χ0) is 11.7. The predicted octanol–water partition coefficient (Wildman–Crippen LogP) is 1.39. The highest BCUT2D eigenvalue weighted by Gasteiger charge is 2.18. The van der Waals surface area contributed by atoms with Crippen molar-refractivity contribution in [1.82, 2.24) is 0 Å². The number of ether oxygens (including phenoxy) is 2. The molecule has 0 fully saturated rings. The number of aromatic hydroxyl groups is 2. The maximum atomic E-state index is 10.7. The monoisotopic (exact) mass is 222 g/mol. The number of hydrogen-bond donors (Lipinski definition) is 2. The quantitative estimate of drug-likeness (QED) is 0.554. The Labute approximate surface area is 91.5 Å². The molecule has 0 saturated heterocycles. The van der Waals surface area contributed by atoms with Gasteiger partial charge in [-0.05, 0) is 18.2 Å². The van der Waals surface area contributed by atoms with Crippen LogP contribution in [0.25, 0.3) is 6.08 Å². The Bertz CT molecular complexity index is 464. The third-order valence-corrected chi connectivity index (χ3v) is 2.07. The SMILES string of the molecule is CC(=O)OC1C=Cc2cc(O)c(O)cc2O1. The van der Waals surface area contributed by atoms with Gasteiger partial charge in [-0.1, -0.05) is 0 Å². The van der Waals surface area contributed by atoms with Crippen molar-refractivity contribution in [2.24, 2.45) is 0 Å². The van der Waals surface area contributed by atoms with E-state index in [0.717, 1.165) is 0 Å². The van der Waals surface area contributed by atoms with E-state index in [1.807, 2.05) is 0 Å². The van der Waals surface area contributed by atoms with Crippen LogP contribution in [0.2, 0.25) is 0 Å². The number of fused-ring (bicyclic) bond motifs is 1. The van der Waals surface area contributed by atoms with E-state index in [-0.39, 0.29) is 11.5 Å². The Hall–Kier alpha value is -2.17. The fraction of sp³-hybridized carbons (Fsp3) is 0.182. The molecule has 84 valence electrons. The number of hydrogen-bond acceptors (Lipinski definition) is 5. The maximum Gasteiger partial charge on any atom is 0.305 e. The molecule has 0 saturated carbocycles. The summed E-state index contributed by atoms with van der Waals surface area (Å²) in [5.41, 5.74) is 0.610. The van der Waals surface area contributed by atoms with Crippen molar-refractivity contribution in [3.05, 3.63) is 23.8 Å². The summed E-state index contributed by atoms with van der Waals surface area (Å²) >= 11 is 0. The average Bonchev–Trinajstić information content (AvgIpc) is 2.19. The Morgan fingerprint density at radius 3 is 2.75 bits per heavy atom. The van der Waals surface area contributed by atoms with Crippen LogP contribution in [0.5, 0.6) is 17.2 Å². The van der Waals surface area contributed by atoms with Crippen LogP contribution in [0.15, 0.2) is 18.2 Å². The zero-order valence-corrected chi connectivity index (χ0v) is 8.51. The van der Waals surface area contributed by atoms with Crippen LogP contribution < -0.4 is 4.74 Å². The third-order valence-electron chi connectivity index (χ3n) is 2.07. The molecule has 0 aliphatic carbocycles. The summed E-state index contributed by atoms with van der Waals surface area (Å²) in [6, 6.07) is 2.63. The fourth-order valence-corrected chi connectivity index (χ4v) is 1.38. The Morgan fingerprint density at radius 2 is 2.06 bits per heavy atom. The molecule has 0 radical (unpaired) electrons. The number of rotatable bonds is 1. The summed E-state index contributed by atoms with van der Waals surface area (Å²) in [7, 11) is 0. The summed E-state index contributed by atoms with van der Waals surface area (Å²) < 4.78 is 10.1. The van der Waals surface area contributed by atoms with Crippen LogP contribution in [0.1, 0.15) is 12.5 Å². The lowest BCUT2D eigenvalue weighted by Crippen LogP contribution is -2.22. The number of carbonyl (C=O) groups excluding carboxylic acids is 1. The van der Waals surface area contributed by atoms with E-state index in [4.69, 9.17) is 9.47 Å². The van der Waals surface area contributed by atoms with Crippen LogP contribution in [-0.2, 0) is 9.53 Å². The molecule has 16 heavy (non-hydrogen) atoms. The molecule has 0 aromatic heterocycles. The van der Waals surface area contributed by atoms with Gasteiger partial charge >= 0.3 is 5.97 Å². The first-order valence-corrected chi connectivity index (χ1v) is 4.64. The second-order valence-electron chi connectivity index (χ2n) is 3.33. The van der Waals surface area contributed by atoms with Crippen molar-refractivity contribution >= 4 is 12.0 Å². The van der Waals surface area contributed by atoms with E-state index in [2.05, 4.69) is 0 Å². The molecule has 2 rings (SSSR count). The number of benzene rings is 1. The third kappa shape index (κ3) is 1.93. The molecule has 1 aromatic carbocycles. The van der Waals surface area contributed by atoms with Gasteiger partial charge in [0, 0.05) is 18.6 Å². The number of phenolic OH excluding ortho intramolecular Hbond substituents is 2. The molecular weight excluding hydrogens is 212 g/mol. The molecule has 0 bridgehead atoms. The molecule has 1 heterocycles. The molecule has 0 spiro atoms. The van der Waals surface area contributed by atoms with Crippen molar-refractivity contribution in [3.8, 4) is 17.2 Å². The first kappa shape index (κ1) is 10.4. The van der Waals surface area contributed by atoms with Gasteiger partial charge in [0.15, 0.2) is 11.5 Å². The molecule has 1 unspecified atom stereocenters. The highest BCUT2D eigenvalue weighted by atomic mass is 16.7. The molecule has 5 heteroatoms. The highest BCUT2D eigenvalue weighted by Crippen LogP contribution is 2.36. The summed E-state index contributed by atoms with van der Waals surface area (Å²) in [6.45, 7) is 1.28. The van der Waals surface area contributed by atoms with Gasteiger partial charge in [-0.2, -0.15) is 0 Å². The molecule has 1 atom stereocenters. The van der Waals surface area contributed by atoms with E-state index in [9.17, 15) is 15.0 Å². The van der Waals surface area contributed by atoms with Crippen LogP contribution in [0.4, 0.5) is 0 Å². The van der Waals surface area contributed by atoms with Gasteiger partial charge < -0.3 is 19.7 Å². The van der Waals surface area contributed by atoms with Gasteiger partial charge in [-0.25, -0.2) is 0 Å². The van der Waals surface area contributed by atoms with Gasteiger partial charge in [0.1, 0.15) is 5.75 Å². The lowest BCUT2D eigenvalue weighted by molar-refractivity contribution is -0.155. The predicted molar refractivity (Wildman–Crippen MR) is 55.0 cm³/mol. The van der Waals surface area contributed by atoms with Crippen molar-refractivity contribution < 1.29 is 24.5 Å². The minimum atomic E-state index is -0.797. The molecular formula is C11H10O5. The minimum Gasteiger partial charge on any atom is -0.504 e. The first-order chi connectivity index (χ1) is 7.56. The molecule has 2 N–H and O–H groups in total. The maximum absolute atomic E-state index is 10.7. The van der Waals surface area contributed by atoms with E-state index in [1.54, 1.807) is 12.2 Å². The van der Waals surface area contributed by atoms with Crippen molar-refractivity contribution in [1.29, 1.82) is 0 Å². The first-order valence-electron chi connectivity index (χ1n) is 4.64. The van der Waals surface area contributed by atoms with Crippen molar-refractivity contribution in [2.45, 2.75) is 13.2 Å². The smallest absolute Gasteiger partial charge is 0.305 e. The van der Waals surface area contributed by atoms with Gasteiger partial charge in [0.25, 0.3) is 6.29 Å². The summed E-state index contributed by atoms with van der Waals surface area (Å²) in [6.07, 6.45) is 2.39. The second kappa shape index (κ2) is 3.77. The molecule has 1 aromatic rings. The van der Waals surface area contributed by atoms with Gasteiger partial charge in [-0.15, -0.1) is 0 Å². The lowest BCUT2D eigenvalue weighted by Gasteiger charge is -2.21. The normalized spacial score (nSPS) is 17.4. The standard InChI is InChI=1S/C11H10O5/c1-6(12)15-11-3-2-7-4-8(13)9(14)5-10(7)16-11/h2-5,11,13-14H,1H3. The topological polar surface area (TPSA) is 76.0 Å². The van der Waals surface area contributed by atoms with Crippen LogP contribution in [0, 0.1) is 0 Å². The fourth-order valence-electron chi connectivity index (χ4n) is 1.38. The van der Waals surface area contributed by atoms with Crippen LogP contribution >= 0.6 is 0 Å². The van der Waals surface area contributed by atoms with Crippen molar-refractivity contribution in [2.75, 3.05) is 0 Å². The summed E-state index contributed by atoms with van der Waals surface area (Å²) in [5.74, 6) is -0.612. The Kier molecular flexibility index (Phi) is 2.44. The molecule has 0 amide bonds. The molecule has 1 aliphatic heterocycles. The Balaban J connectivity index is 2.27. The van der Waals surface area contributed by atoms with E-state index >= 15 is 0 Å². The zero-order valence-electron chi connectivity index (χ0n) is 8.51. The highest BCUT2D eigenvalue weighted by molar-refractivity contribution is 5.68. The number of esters is 1. The molecule has 1 aliphatic rings. The second-order valence-corrected chi connectivity index (χ2v) is 3.33. The summed E-state index contributed by atoms with van der Waals surface area (Å²) in [5, 5.41) is 18.5. The van der Waals surface area contributed by atoms with Gasteiger partial charge in [0.05, 0.1) is 0 Å². The Morgan fingerprint density at radius 1 is 1.38 bits per heavy atom. The van der Waals surface area contributed by atoms with Crippen molar-refractivity contribution in [3.63, 3.8) is 0 Å². The van der Waals surface area contributed by atoms with Gasteiger partial charge in [0.2, 0.25) is 0 Å². The van der Waals surface area contributed by atoms with Gasteiger partial charge in [-0.3, -0.25) is 4.79 Å². The van der Waals surface area contributed by atoms with E-state index < -0.39 is 12.3 Å². The van der Waals surface area contributed by atoms with E-state index in [1.165, 1.54) is 19.1 Å². The number of carbonyl (C=O) groups is 1. The lowest BCUT2D eigenvalue weighted by atomic mass is 10.1. The number of phenols is 2. The van der Waals surface area contributed by atoms with E-state index in [0.29, 0.717) is 11.3 Å². The minimum absolute atomic E-state index is 0.224. The van der Waals surface area contributed by atoms with Crippen LogP contribution in [0.3, 0.4) is 0 Å².